The van der Waals surface area contributed by atoms with E-state index in [0.29, 0.717) is 56.7 Å². The molecule has 0 spiro atoms. The Morgan fingerprint density at radius 2 is 1.77 bits per heavy atom. The lowest BCUT2D eigenvalue weighted by Gasteiger charge is -2.29. The van der Waals surface area contributed by atoms with Crippen LogP contribution in [0.25, 0.3) is 33.4 Å². The molecule has 0 aliphatic carbocycles. The molecule has 1 atom stereocenters. The Morgan fingerprint density at radius 1 is 1.00 bits per heavy atom. The molecule has 8 nitrogen and oxygen atoms in total. The molecular formula is C34H32FN3O5. The zero-order valence-corrected chi connectivity index (χ0v) is 24.1. The molecule has 5 rings (SSSR count). The first-order valence-corrected chi connectivity index (χ1v) is 13.9. The molecule has 0 saturated carbocycles. The molecule has 220 valence electrons. The van der Waals surface area contributed by atoms with Crippen LogP contribution in [0.2, 0.25) is 0 Å². The third-order valence-corrected chi connectivity index (χ3v) is 7.48. The average molecular weight is 582 g/mol. The number of fused-ring (bicyclic) bond motifs is 1. The van der Waals surface area contributed by atoms with Crippen molar-refractivity contribution in [1.82, 2.24) is 15.6 Å². The van der Waals surface area contributed by atoms with E-state index in [2.05, 4.69) is 15.6 Å². The highest BCUT2D eigenvalue weighted by atomic mass is 19.1. The van der Waals surface area contributed by atoms with Crippen molar-refractivity contribution < 1.29 is 28.2 Å². The molecule has 9 heteroatoms. The number of pyridine rings is 1. The Labute approximate surface area is 248 Å². The van der Waals surface area contributed by atoms with Crippen molar-refractivity contribution in [2.75, 3.05) is 20.3 Å². The van der Waals surface area contributed by atoms with Crippen molar-refractivity contribution in [3.8, 4) is 28.2 Å². The minimum absolute atomic E-state index is 0.0539. The molecule has 0 saturated heterocycles. The van der Waals surface area contributed by atoms with Crippen LogP contribution in [0.4, 0.5) is 4.39 Å². The van der Waals surface area contributed by atoms with Gasteiger partial charge in [0.1, 0.15) is 29.5 Å². The summed E-state index contributed by atoms with van der Waals surface area (Å²) in [5.74, 6) is -0.295. The molecule has 43 heavy (non-hydrogen) atoms. The molecule has 3 aromatic carbocycles. The highest BCUT2D eigenvalue weighted by molar-refractivity contribution is 6.12. The van der Waals surface area contributed by atoms with Gasteiger partial charge in [-0.25, -0.2) is 4.39 Å². The van der Waals surface area contributed by atoms with Crippen molar-refractivity contribution in [3.05, 3.63) is 108 Å². The second kappa shape index (κ2) is 12.5. The van der Waals surface area contributed by atoms with Gasteiger partial charge in [0.15, 0.2) is 0 Å². The number of halogens is 1. The van der Waals surface area contributed by atoms with Crippen LogP contribution in [-0.4, -0.2) is 42.2 Å². The summed E-state index contributed by atoms with van der Waals surface area (Å²) in [5.41, 5.74) is 3.01. The third kappa shape index (κ3) is 5.98. The number of ether oxygens (including phenoxy) is 1. The summed E-state index contributed by atoms with van der Waals surface area (Å²) in [7, 11) is 1.53. The van der Waals surface area contributed by atoms with Gasteiger partial charge in [0.25, 0.3) is 11.8 Å². The Bertz CT molecular complexity index is 1770. The summed E-state index contributed by atoms with van der Waals surface area (Å²) in [6.45, 7) is 3.77. The van der Waals surface area contributed by atoms with Gasteiger partial charge in [-0.1, -0.05) is 19.1 Å². The van der Waals surface area contributed by atoms with Gasteiger partial charge < -0.3 is 24.9 Å². The lowest BCUT2D eigenvalue weighted by Crippen LogP contribution is -2.43. The molecule has 0 bridgehead atoms. The van der Waals surface area contributed by atoms with Crippen molar-refractivity contribution in [1.29, 1.82) is 0 Å². The number of hydrogen-bond acceptors (Lipinski definition) is 6. The maximum Gasteiger partial charge on any atom is 0.255 e. The minimum Gasteiger partial charge on any atom is -0.491 e. The average Bonchev–Trinajstić information content (AvgIpc) is 3.42. The maximum absolute atomic E-state index is 13.6. The molecule has 3 N–H and O–H groups in total. The number of carbonyl (C=O) groups is 2. The van der Waals surface area contributed by atoms with E-state index in [1.165, 1.54) is 19.2 Å². The zero-order chi connectivity index (χ0) is 30.6. The Hall–Kier alpha value is -5.02. The third-order valence-electron chi connectivity index (χ3n) is 7.48. The number of furan rings is 1. The van der Waals surface area contributed by atoms with Gasteiger partial charge in [-0.3, -0.25) is 14.6 Å². The summed E-state index contributed by atoms with van der Waals surface area (Å²) in [4.78, 5) is 31.1. The number of hydrogen-bond donors (Lipinski definition) is 3. The number of amides is 2. The maximum atomic E-state index is 13.6. The van der Waals surface area contributed by atoms with Crippen LogP contribution in [0.1, 0.15) is 46.7 Å². The van der Waals surface area contributed by atoms with E-state index in [0.717, 1.165) is 5.69 Å². The molecule has 2 aromatic heterocycles. The fourth-order valence-corrected chi connectivity index (χ4v) is 4.94. The van der Waals surface area contributed by atoms with Crippen LogP contribution >= 0.6 is 0 Å². The zero-order valence-electron chi connectivity index (χ0n) is 24.1. The number of nitrogens with one attached hydrogen (secondary N) is 2. The quantitative estimate of drug-likeness (QED) is 0.184. The molecule has 0 aliphatic heterocycles. The Kier molecular flexibility index (Phi) is 8.54. The molecule has 0 aliphatic rings. The van der Waals surface area contributed by atoms with Gasteiger partial charge in [-0.15, -0.1) is 0 Å². The predicted molar refractivity (Wildman–Crippen MR) is 162 cm³/mol. The number of aliphatic hydroxyl groups is 1. The first-order chi connectivity index (χ1) is 20.8. The Balaban J connectivity index is 1.60. The molecule has 0 radical (unpaired) electrons. The lowest BCUT2D eigenvalue weighted by molar-refractivity contribution is 0.0898. The second-order valence-electron chi connectivity index (χ2n) is 10.2. The van der Waals surface area contributed by atoms with E-state index in [-0.39, 0.29) is 25.0 Å². The topological polar surface area (TPSA) is 114 Å². The summed E-state index contributed by atoms with van der Waals surface area (Å²) in [6, 6.07) is 21.7. The Morgan fingerprint density at radius 3 is 2.44 bits per heavy atom. The molecule has 0 fully saturated rings. The van der Waals surface area contributed by atoms with Crippen LogP contribution in [0.3, 0.4) is 0 Å². The summed E-state index contributed by atoms with van der Waals surface area (Å²) in [5, 5.41) is 15.7. The largest absolute Gasteiger partial charge is 0.491 e. The summed E-state index contributed by atoms with van der Waals surface area (Å²) < 4.78 is 25.5. The molecule has 2 amide bonds. The number of benzene rings is 3. The number of aromatic nitrogens is 1. The van der Waals surface area contributed by atoms with E-state index >= 15 is 0 Å². The number of carbonyl (C=O) groups excluding carboxylic acids is 2. The van der Waals surface area contributed by atoms with Crippen molar-refractivity contribution in [2.45, 2.75) is 25.8 Å². The van der Waals surface area contributed by atoms with Crippen molar-refractivity contribution in [3.63, 3.8) is 0 Å². The van der Waals surface area contributed by atoms with Gasteiger partial charge in [0.05, 0.1) is 23.4 Å². The van der Waals surface area contributed by atoms with Crippen molar-refractivity contribution in [2.24, 2.45) is 0 Å². The SMILES string of the molecule is CCC(C)(NC(=O)c1ccc(OCCO)c(-c2ccc3oc(-c4ccc(F)cc4)c(C(=O)NC)c3c2)c1)c1ccccn1. The van der Waals surface area contributed by atoms with E-state index in [1.54, 1.807) is 54.7 Å². The van der Waals surface area contributed by atoms with Crippen LogP contribution in [0.5, 0.6) is 5.75 Å². The smallest absolute Gasteiger partial charge is 0.255 e. The van der Waals surface area contributed by atoms with E-state index in [4.69, 9.17) is 9.15 Å². The normalized spacial score (nSPS) is 12.5. The van der Waals surface area contributed by atoms with Gasteiger partial charge in [0, 0.05) is 35.3 Å². The monoisotopic (exact) mass is 581 g/mol. The van der Waals surface area contributed by atoms with Gasteiger partial charge in [0.2, 0.25) is 0 Å². The highest BCUT2D eigenvalue weighted by Gasteiger charge is 2.29. The highest BCUT2D eigenvalue weighted by Crippen LogP contribution is 2.39. The molecule has 2 heterocycles. The summed E-state index contributed by atoms with van der Waals surface area (Å²) >= 11 is 0. The van der Waals surface area contributed by atoms with Crippen LogP contribution < -0.4 is 15.4 Å². The second-order valence-corrected chi connectivity index (χ2v) is 10.2. The fraction of sp³-hybridized carbons (Fsp3) is 0.206. The number of rotatable bonds is 10. The van der Waals surface area contributed by atoms with E-state index < -0.39 is 11.4 Å². The molecular weight excluding hydrogens is 549 g/mol. The van der Waals surface area contributed by atoms with Gasteiger partial charge in [-0.2, -0.15) is 0 Å². The van der Waals surface area contributed by atoms with Crippen LogP contribution in [0, 0.1) is 5.82 Å². The number of nitrogens with zero attached hydrogens (tertiary/aromatic N) is 1. The van der Waals surface area contributed by atoms with E-state index in [9.17, 15) is 19.1 Å². The van der Waals surface area contributed by atoms with Gasteiger partial charge in [-0.05, 0) is 85.6 Å². The summed E-state index contributed by atoms with van der Waals surface area (Å²) in [6.07, 6.45) is 2.32. The first-order valence-electron chi connectivity index (χ1n) is 13.9. The van der Waals surface area contributed by atoms with Crippen LogP contribution in [0.15, 0.2) is 89.5 Å². The number of aliphatic hydroxyl groups excluding tert-OH is 1. The van der Waals surface area contributed by atoms with Gasteiger partial charge >= 0.3 is 0 Å². The predicted octanol–water partition coefficient (Wildman–Crippen LogP) is 6.09. The minimum atomic E-state index is -0.695. The standard InChI is InChI=1S/C34H32FN3O5/c1-4-34(2,29-7-5-6-16-37-29)38-32(40)23-11-14-27(42-18-17-39)25(20-23)22-10-15-28-26(19-22)30(33(41)36-3)31(43-28)21-8-12-24(35)13-9-21/h5-16,19-20,39H,4,17-18H2,1-3H3,(H,36,41)(H,38,40). The van der Waals surface area contributed by atoms with E-state index in [1.807, 2.05) is 32.0 Å². The lowest BCUT2D eigenvalue weighted by atomic mass is 9.92. The molecule has 1 unspecified atom stereocenters. The molecule has 5 aromatic rings. The fourth-order valence-electron chi connectivity index (χ4n) is 4.94. The van der Waals surface area contributed by atoms with Crippen LogP contribution in [-0.2, 0) is 5.54 Å². The first kappa shape index (κ1) is 29.5. The van der Waals surface area contributed by atoms with Crippen molar-refractivity contribution >= 4 is 22.8 Å².